The van der Waals surface area contributed by atoms with Gasteiger partial charge in [0.2, 0.25) is 0 Å². The number of nitrogens with one attached hydrogen (secondary N) is 2. The molecule has 0 aliphatic carbocycles. The molecule has 1 aromatic heterocycles. The fraction of sp³-hybridized carbons (Fsp3) is 0.357. The number of unbranched alkanes of at least 4 members (excludes halogenated alkanes) is 1. The topological polar surface area (TPSA) is 40.7 Å². The maximum absolute atomic E-state index is 6.12. The molecule has 2 N–H and O–H groups in total. The van der Waals surface area contributed by atoms with Gasteiger partial charge in [-0.25, -0.2) is 4.98 Å². The van der Waals surface area contributed by atoms with Crippen LogP contribution in [0.15, 0.2) is 18.2 Å². The van der Waals surface area contributed by atoms with Gasteiger partial charge in [-0.2, -0.15) is 0 Å². The molecule has 2 rings (SSSR count). The van der Waals surface area contributed by atoms with Gasteiger partial charge in [0.1, 0.15) is 5.82 Å². The highest BCUT2D eigenvalue weighted by Crippen LogP contribution is 2.23. The fourth-order valence-electron chi connectivity index (χ4n) is 1.87. The molecule has 1 heterocycles. The number of H-pyrrole nitrogens is 1. The van der Waals surface area contributed by atoms with E-state index in [4.69, 9.17) is 34.8 Å². The number of nitrogens with zero attached hydrogens (tertiary/aromatic N) is 1. The first-order valence-electron chi connectivity index (χ1n) is 6.51. The van der Waals surface area contributed by atoms with Crippen LogP contribution < -0.4 is 5.32 Å². The highest BCUT2D eigenvalue weighted by atomic mass is 35.5. The smallest absolute Gasteiger partial charge is 0.152 e. The third-order valence-electron chi connectivity index (χ3n) is 2.88. The average Bonchev–Trinajstić information content (AvgIpc) is 2.73. The van der Waals surface area contributed by atoms with Crippen molar-refractivity contribution in [1.82, 2.24) is 9.97 Å². The maximum atomic E-state index is 6.12. The molecule has 0 radical (unpaired) electrons. The minimum absolute atomic E-state index is 0.511. The van der Waals surface area contributed by atoms with Gasteiger partial charge in [0.15, 0.2) is 5.15 Å². The lowest BCUT2D eigenvalue weighted by molar-refractivity contribution is 0.760. The minimum atomic E-state index is 0.511. The van der Waals surface area contributed by atoms with Crippen molar-refractivity contribution in [3.05, 3.63) is 44.9 Å². The van der Waals surface area contributed by atoms with Crippen LogP contribution in [-0.4, -0.2) is 9.97 Å². The van der Waals surface area contributed by atoms with Crippen LogP contribution in [0.2, 0.25) is 15.2 Å². The molecule has 0 bridgehead atoms. The van der Waals surface area contributed by atoms with Crippen molar-refractivity contribution in [3.63, 3.8) is 0 Å². The molecule has 0 aliphatic rings. The largest absolute Gasteiger partial charge is 0.379 e. The van der Waals surface area contributed by atoms with E-state index in [1.54, 1.807) is 6.07 Å². The summed E-state index contributed by atoms with van der Waals surface area (Å²) in [4.78, 5) is 7.56. The lowest BCUT2D eigenvalue weighted by atomic mass is 10.2. The van der Waals surface area contributed by atoms with Gasteiger partial charge in [-0.3, -0.25) is 0 Å². The van der Waals surface area contributed by atoms with Crippen LogP contribution in [0.5, 0.6) is 0 Å². The van der Waals surface area contributed by atoms with Gasteiger partial charge in [0, 0.05) is 22.2 Å². The summed E-state index contributed by atoms with van der Waals surface area (Å²) in [7, 11) is 0. The highest BCUT2D eigenvalue weighted by molar-refractivity contribution is 6.35. The molecule has 2 aromatic rings. The van der Waals surface area contributed by atoms with Crippen LogP contribution in [0.3, 0.4) is 0 Å². The summed E-state index contributed by atoms with van der Waals surface area (Å²) >= 11 is 18.0. The van der Waals surface area contributed by atoms with Crippen molar-refractivity contribution in [2.24, 2.45) is 0 Å². The second kappa shape index (κ2) is 7.21. The molecule has 0 unspecified atom stereocenters. The van der Waals surface area contributed by atoms with Crippen LogP contribution in [0.25, 0.3) is 0 Å². The SMILES string of the molecule is CCCCc1nc(Cl)c(CNc2cc(Cl)cc(Cl)c2)[nH]1. The first kappa shape index (κ1) is 15.5. The van der Waals surface area contributed by atoms with Crippen molar-refractivity contribution in [2.75, 3.05) is 5.32 Å². The number of hydrogen-bond acceptors (Lipinski definition) is 2. The zero-order chi connectivity index (χ0) is 14.5. The molecule has 0 amide bonds. The minimum Gasteiger partial charge on any atom is -0.379 e. The Morgan fingerprint density at radius 3 is 2.50 bits per heavy atom. The number of halogens is 3. The van der Waals surface area contributed by atoms with Crippen LogP contribution in [0.1, 0.15) is 31.3 Å². The van der Waals surface area contributed by atoms with Gasteiger partial charge >= 0.3 is 0 Å². The van der Waals surface area contributed by atoms with Crippen LogP contribution in [-0.2, 0) is 13.0 Å². The van der Waals surface area contributed by atoms with E-state index < -0.39 is 0 Å². The molecular weight excluding hydrogens is 317 g/mol. The number of imidazole rings is 1. The predicted molar refractivity (Wildman–Crippen MR) is 86.0 cm³/mol. The predicted octanol–water partition coefficient (Wildman–Crippen LogP) is 5.32. The summed E-state index contributed by atoms with van der Waals surface area (Å²) in [5.74, 6) is 0.928. The lowest BCUT2D eigenvalue weighted by Gasteiger charge is -2.06. The molecule has 108 valence electrons. The third kappa shape index (κ3) is 4.30. The Labute approximate surface area is 133 Å². The Morgan fingerprint density at radius 2 is 1.85 bits per heavy atom. The molecule has 0 aliphatic heterocycles. The number of aryl methyl sites for hydroxylation is 1. The molecule has 0 saturated heterocycles. The van der Waals surface area contributed by atoms with Gasteiger partial charge < -0.3 is 10.3 Å². The third-order valence-corrected chi connectivity index (χ3v) is 3.63. The number of aromatic nitrogens is 2. The van der Waals surface area contributed by atoms with E-state index in [-0.39, 0.29) is 0 Å². The summed E-state index contributed by atoms with van der Waals surface area (Å²) in [5.41, 5.74) is 1.72. The lowest BCUT2D eigenvalue weighted by Crippen LogP contribution is -2.00. The standard InChI is InChI=1S/C14H16Cl3N3/c1-2-3-4-13-19-12(14(17)20-13)8-18-11-6-9(15)5-10(16)7-11/h5-7,18H,2-4,8H2,1H3,(H,19,20). The summed E-state index contributed by atoms with van der Waals surface area (Å²) in [6, 6.07) is 5.33. The molecule has 3 nitrogen and oxygen atoms in total. The molecule has 0 spiro atoms. The number of anilines is 1. The number of benzene rings is 1. The second-order valence-corrected chi connectivity index (χ2v) is 5.80. The zero-order valence-electron chi connectivity index (χ0n) is 11.1. The van der Waals surface area contributed by atoms with Crippen LogP contribution in [0, 0.1) is 0 Å². The van der Waals surface area contributed by atoms with Gasteiger partial charge in [0.25, 0.3) is 0 Å². The highest BCUT2D eigenvalue weighted by Gasteiger charge is 2.08. The quantitative estimate of drug-likeness (QED) is 0.751. The summed E-state index contributed by atoms with van der Waals surface area (Å²) in [6.07, 6.45) is 3.15. The van der Waals surface area contributed by atoms with Gasteiger partial charge in [0.05, 0.1) is 12.2 Å². The van der Waals surface area contributed by atoms with E-state index in [1.165, 1.54) is 0 Å². The average molecular weight is 333 g/mol. The van der Waals surface area contributed by atoms with Crippen molar-refractivity contribution in [2.45, 2.75) is 32.7 Å². The van der Waals surface area contributed by atoms with Gasteiger partial charge in [-0.05, 0) is 24.6 Å². The van der Waals surface area contributed by atoms with Crippen molar-refractivity contribution >= 4 is 40.5 Å². The zero-order valence-corrected chi connectivity index (χ0v) is 13.4. The van der Waals surface area contributed by atoms with Crippen molar-refractivity contribution < 1.29 is 0 Å². The Balaban J connectivity index is 2.01. The first-order chi connectivity index (χ1) is 9.58. The Bertz CT molecular complexity index is 561. The summed E-state index contributed by atoms with van der Waals surface area (Å²) in [5, 5.41) is 4.93. The normalized spacial score (nSPS) is 10.8. The number of aromatic amines is 1. The summed E-state index contributed by atoms with van der Waals surface area (Å²) in [6.45, 7) is 2.70. The Hall–Kier alpha value is -0.900. The van der Waals surface area contributed by atoms with E-state index in [0.29, 0.717) is 21.7 Å². The number of hydrogen-bond donors (Lipinski definition) is 2. The van der Waals surface area contributed by atoms with E-state index in [9.17, 15) is 0 Å². The van der Waals surface area contributed by atoms with E-state index >= 15 is 0 Å². The molecule has 0 fully saturated rings. The van der Waals surface area contributed by atoms with Gasteiger partial charge in [-0.1, -0.05) is 48.1 Å². The number of rotatable bonds is 6. The molecule has 0 atom stereocenters. The van der Waals surface area contributed by atoms with E-state index in [0.717, 1.165) is 36.5 Å². The first-order valence-corrected chi connectivity index (χ1v) is 7.65. The second-order valence-electron chi connectivity index (χ2n) is 4.57. The van der Waals surface area contributed by atoms with Crippen molar-refractivity contribution in [3.8, 4) is 0 Å². The van der Waals surface area contributed by atoms with E-state index in [2.05, 4.69) is 22.2 Å². The molecular formula is C14H16Cl3N3. The van der Waals surface area contributed by atoms with Crippen LogP contribution in [0.4, 0.5) is 5.69 Å². The molecule has 6 heteroatoms. The van der Waals surface area contributed by atoms with E-state index in [1.807, 2.05) is 12.1 Å². The van der Waals surface area contributed by atoms with Crippen molar-refractivity contribution in [1.29, 1.82) is 0 Å². The van der Waals surface area contributed by atoms with Gasteiger partial charge in [-0.15, -0.1) is 0 Å². The molecule has 20 heavy (non-hydrogen) atoms. The Kier molecular flexibility index (Phi) is 5.58. The monoisotopic (exact) mass is 331 g/mol. The Morgan fingerprint density at radius 1 is 1.15 bits per heavy atom. The fourth-order valence-corrected chi connectivity index (χ4v) is 2.61. The molecule has 0 saturated carbocycles. The van der Waals surface area contributed by atoms with Crippen LogP contribution >= 0.6 is 34.8 Å². The summed E-state index contributed by atoms with van der Waals surface area (Å²) < 4.78 is 0. The maximum Gasteiger partial charge on any atom is 0.152 e. The molecule has 1 aromatic carbocycles.